The largest absolute Gasteiger partial charge is 0.490 e. The van der Waals surface area contributed by atoms with Gasteiger partial charge >= 0.3 is 6.03 Å². The zero-order chi connectivity index (χ0) is 26.8. The van der Waals surface area contributed by atoms with Gasteiger partial charge in [-0.2, -0.15) is 5.26 Å². The Kier molecular flexibility index (Phi) is 7.31. The molecule has 2 aromatic carbocycles. The third kappa shape index (κ3) is 5.08. The molecule has 0 radical (unpaired) electrons. The Morgan fingerprint density at radius 2 is 2.05 bits per heavy atom. The maximum absolute atomic E-state index is 14.2. The number of amides is 3. The molecular weight excluding hydrogens is 524 g/mol. The topological polar surface area (TPSA) is 111 Å². The number of halogens is 1. The zero-order valence-corrected chi connectivity index (χ0v) is 22.4. The predicted octanol–water partition coefficient (Wildman–Crippen LogP) is 4.55. The molecule has 5 rings (SSSR count). The number of aromatic nitrogens is 1. The molecule has 1 saturated heterocycles. The molecule has 2 atom stereocenters. The monoisotopic (exact) mass is 548 g/mol. The molecule has 1 fully saturated rings. The van der Waals surface area contributed by atoms with Crippen molar-refractivity contribution in [2.75, 3.05) is 19.6 Å². The van der Waals surface area contributed by atoms with E-state index in [1.54, 1.807) is 40.7 Å². The predicted molar refractivity (Wildman–Crippen MR) is 144 cm³/mol. The first kappa shape index (κ1) is 25.7. The minimum atomic E-state index is -0.572. The van der Waals surface area contributed by atoms with Crippen LogP contribution in [0.3, 0.4) is 0 Å². The molecule has 0 aliphatic carbocycles. The Balaban J connectivity index is 1.69. The van der Waals surface area contributed by atoms with Crippen molar-refractivity contribution in [1.82, 2.24) is 20.1 Å². The average molecular weight is 549 g/mol. The van der Waals surface area contributed by atoms with Crippen LogP contribution < -0.4 is 10.1 Å². The summed E-state index contributed by atoms with van der Waals surface area (Å²) < 4.78 is 6.09. The summed E-state index contributed by atoms with van der Waals surface area (Å²) in [6.45, 7) is 4.46. The molecule has 2 aliphatic heterocycles. The van der Waals surface area contributed by atoms with Crippen LogP contribution in [0.2, 0.25) is 5.02 Å². The quantitative estimate of drug-likeness (QED) is 0.503. The van der Waals surface area contributed by atoms with Gasteiger partial charge in [-0.3, -0.25) is 14.7 Å². The second-order valence-electron chi connectivity index (χ2n) is 9.22. The summed E-state index contributed by atoms with van der Waals surface area (Å²) in [5.74, 6) is 0.615. The van der Waals surface area contributed by atoms with Crippen molar-refractivity contribution < 1.29 is 14.3 Å². The number of thiazole rings is 1. The Labute approximate surface area is 229 Å². The van der Waals surface area contributed by atoms with Crippen LogP contribution in [-0.4, -0.2) is 58.3 Å². The van der Waals surface area contributed by atoms with Gasteiger partial charge in [-0.05, 0) is 49.7 Å². The molecule has 1 N–H and O–H groups in total. The number of nitrogens with zero attached hydrogens (tertiary/aromatic N) is 5. The smallest absolute Gasteiger partial charge is 0.326 e. The van der Waals surface area contributed by atoms with Gasteiger partial charge in [-0.1, -0.05) is 23.7 Å². The Hall–Kier alpha value is -3.94. The van der Waals surface area contributed by atoms with Crippen LogP contribution in [0.5, 0.6) is 5.75 Å². The number of hydrogen-bond acceptors (Lipinski definition) is 7. The number of ether oxygens (including phenoxy) is 1. The van der Waals surface area contributed by atoms with Crippen molar-refractivity contribution in [3.05, 3.63) is 80.8 Å². The van der Waals surface area contributed by atoms with Crippen LogP contribution in [0.1, 0.15) is 48.3 Å². The number of urea groups is 1. The summed E-state index contributed by atoms with van der Waals surface area (Å²) in [7, 11) is 0. The first-order chi connectivity index (χ1) is 18.4. The van der Waals surface area contributed by atoms with Crippen LogP contribution in [0.4, 0.5) is 4.79 Å². The van der Waals surface area contributed by atoms with Gasteiger partial charge in [0.15, 0.2) is 0 Å². The number of amidine groups is 1. The molecule has 0 saturated carbocycles. The molecule has 3 aromatic rings. The molecule has 0 unspecified atom stereocenters. The van der Waals surface area contributed by atoms with Crippen LogP contribution in [-0.2, 0) is 4.79 Å². The maximum Gasteiger partial charge on any atom is 0.326 e. The van der Waals surface area contributed by atoms with E-state index in [2.05, 4.69) is 16.4 Å². The van der Waals surface area contributed by atoms with E-state index in [-0.39, 0.29) is 24.6 Å². The van der Waals surface area contributed by atoms with E-state index in [0.29, 0.717) is 46.5 Å². The van der Waals surface area contributed by atoms with Gasteiger partial charge in [0.2, 0.25) is 5.91 Å². The number of nitriles is 1. The first-order valence-corrected chi connectivity index (χ1v) is 13.4. The fraction of sp³-hybridized carbons (Fsp3) is 0.296. The van der Waals surface area contributed by atoms with E-state index in [1.165, 1.54) is 16.2 Å². The second-order valence-corrected chi connectivity index (χ2v) is 10.4. The maximum atomic E-state index is 14.2. The number of rotatable bonds is 5. The van der Waals surface area contributed by atoms with Crippen molar-refractivity contribution in [3.8, 4) is 11.8 Å². The van der Waals surface area contributed by atoms with Gasteiger partial charge in [0.1, 0.15) is 30.2 Å². The summed E-state index contributed by atoms with van der Waals surface area (Å²) in [6.07, 6.45) is -0.180. The first-order valence-electron chi connectivity index (χ1n) is 12.1. The lowest BCUT2D eigenvalue weighted by Crippen LogP contribution is -2.55. The van der Waals surface area contributed by atoms with Gasteiger partial charge in [0.25, 0.3) is 0 Å². The third-order valence-electron chi connectivity index (χ3n) is 6.26. The van der Waals surface area contributed by atoms with Gasteiger partial charge in [0.05, 0.1) is 34.5 Å². The standard InChI is InChI=1S/C27H25ClN6O3S/c1-16(2)37-22-11-17(12-29)3-8-20(22)26-32-24(18-4-6-19(28)7-5-18)25(21-14-38-15-31-21)34(26)27(36)33-10-9-30-23(35)13-33/h3-8,11,14-16,24-25H,9-10,13H2,1-2H3,(H,30,35)/t24-,25+/m0/s1. The van der Waals surface area contributed by atoms with Gasteiger partial charge < -0.3 is 15.0 Å². The van der Waals surface area contributed by atoms with E-state index < -0.39 is 12.1 Å². The summed E-state index contributed by atoms with van der Waals surface area (Å²) in [5, 5.41) is 14.8. The van der Waals surface area contributed by atoms with Gasteiger partial charge in [0, 0.05) is 23.5 Å². The Morgan fingerprint density at radius 1 is 1.26 bits per heavy atom. The fourth-order valence-corrected chi connectivity index (χ4v) is 5.32. The highest BCUT2D eigenvalue weighted by Gasteiger charge is 2.46. The van der Waals surface area contributed by atoms with Crippen LogP contribution in [0.25, 0.3) is 0 Å². The van der Waals surface area contributed by atoms with Crippen molar-refractivity contribution in [1.29, 1.82) is 5.26 Å². The molecule has 11 heteroatoms. The highest BCUT2D eigenvalue weighted by atomic mass is 35.5. The normalized spacial score (nSPS) is 19.2. The van der Waals surface area contributed by atoms with E-state index in [1.807, 2.05) is 31.4 Å². The summed E-state index contributed by atoms with van der Waals surface area (Å²) in [6, 6.07) is 13.2. The van der Waals surface area contributed by atoms with E-state index in [9.17, 15) is 14.9 Å². The Morgan fingerprint density at radius 3 is 2.71 bits per heavy atom. The number of aliphatic imine (C=N–C) groups is 1. The lowest BCUT2D eigenvalue weighted by molar-refractivity contribution is -0.123. The molecule has 2 aliphatic rings. The van der Waals surface area contributed by atoms with E-state index in [0.717, 1.165) is 5.56 Å². The lowest BCUT2D eigenvalue weighted by Gasteiger charge is -2.35. The molecule has 0 spiro atoms. The van der Waals surface area contributed by atoms with Crippen LogP contribution in [0, 0.1) is 11.3 Å². The van der Waals surface area contributed by atoms with Crippen molar-refractivity contribution in [3.63, 3.8) is 0 Å². The minimum absolute atomic E-state index is 0.0548. The van der Waals surface area contributed by atoms with Crippen LogP contribution >= 0.6 is 22.9 Å². The molecule has 9 nitrogen and oxygen atoms in total. The van der Waals surface area contributed by atoms with Gasteiger partial charge in [-0.25, -0.2) is 9.78 Å². The van der Waals surface area contributed by atoms with Crippen molar-refractivity contribution in [2.24, 2.45) is 4.99 Å². The highest BCUT2D eigenvalue weighted by molar-refractivity contribution is 7.07. The molecular formula is C27H25ClN6O3S. The Bertz CT molecular complexity index is 1420. The second kappa shape index (κ2) is 10.8. The molecule has 38 heavy (non-hydrogen) atoms. The van der Waals surface area contributed by atoms with Crippen molar-refractivity contribution >= 4 is 40.7 Å². The number of hydrogen-bond donors (Lipinski definition) is 1. The summed E-state index contributed by atoms with van der Waals surface area (Å²) in [4.78, 5) is 39.1. The van der Waals surface area contributed by atoms with E-state index in [4.69, 9.17) is 21.3 Å². The average Bonchev–Trinajstić information content (AvgIpc) is 3.56. The molecule has 3 heterocycles. The zero-order valence-electron chi connectivity index (χ0n) is 20.8. The molecule has 194 valence electrons. The molecule has 0 bridgehead atoms. The summed E-state index contributed by atoms with van der Waals surface area (Å²) >= 11 is 7.60. The third-order valence-corrected chi connectivity index (χ3v) is 7.12. The number of benzene rings is 2. The number of carbonyl (C=O) groups excluding carboxylic acids is 2. The SMILES string of the molecule is CC(C)Oc1cc(C#N)ccc1C1=N[C@@H](c2ccc(Cl)cc2)[C@@H](c2cscn2)N1C(=O)N1CCNC(=O)C1. The molecule has 1 aromatic heterocycles. The van der Waals surface area contributed by atoms with Crippen LogP contribution in [0.15, 0.2) is 58.3 Å². The number of carbonyl (C=O) groups is 2. The minimum Gasteiger partial charge on any atom is -0.490 e. The fourth-order valence-electron chi connectivity index (χ4n) is 4.61. The molecule has 3 amide bonds. The van der Waals surface area contributed by atoms with Gasteiger partial charge in [-0.15, -0.1) is 11.3 Å². The number of piperazine rings is 1. The van der Waals surface area contributed by atoms with Crippen molar-refractivity contribution in [2.45, 2.75) is 32.0 Å². The van der Waals surface area contributed by atoms with E-state index >= 15 is 0 Å². The summed E-state index contributed by atoms with van der Waals surface area (Å²) in [5.41, 5.74) is 4.27. The highest BCUT2D eigenvalue weighted by Crippen LogP contribution is 2.45. The lowest BCUT2D eigenvalue weighted by atomic mass is 9.98. The number of nitrogens with one attached hydrogen (secondary N) is 1.